The molecule has 3 atom stereocenters. The van der Waals surface area contributed by atoms with E-state index < -0.39 is 26.6 Å². The second kappa shape index (κ2) is 62.8. The number of amides is 1. The second-order valence-corrected chi connectivity index (χ2v) is 26.8. The first-order valence-corrected chi connectivity index (χ1v) is 37.1. The van der Waals surface area contributed by atoms with Crippen LogP contribution in [0.2, 0.25) is 0 Å². The van der Waals surface area contributed by atoms with Crippen molar-refractivity contribution in [2.45, 2.75) is 354 Å². The van der Waals surface area contributed by atoms with E-state index in [2.05, 4.69) is 74.7 Å². The number of carbonyl (C=O) groups is 2. The predicted molar refractivity (Wildman–Crippen MR) is 358 cm³/mol. The average molecular weight is 1190 g/mol. The van der Waals surface area contributed by atoms with E-state index in [1.807, 2.05) is 33.3 Å². The number of nitrogens with one attached hydrogen (secondary N) is 1. The molecule has 0 saturated heterocycles. The molecular weight excluding hydrogens is 1050 g/mol. The molecule has 1 N–H and O–H groups in total. The van der Waals surface area contributed by atoms with E-state index >= 15 is 0 Å². The number of ether oxygens (including phenoxy) is 1. The van der Waals surface area contributed by atoms with E-state index in [4.69, 9.17) is 13.8 Å². The van der Waals surface area contributed by atoms with Gasteiger partial charge in [-0.15, -0.1) is 0 Å². The Labute approximate surface area is 515 Å². The number of phosphoric acid groups is 1. The Kier molecular flexibility index (Phi) is 61.0. The van der Waals surface area contributed by atoms with Crippen molar-refractivity contribution in [1.82, 2.24) is 5.32 Å². The zero-order valence-electron chi connectivity index (χ0n) is 55.7. The Bertz CT molecular complexity index is 1600. The highest BCUT2D eigenvalue weighted by Gasteiger charge is 2.27. The number of quaternary nitrogens is 1. The molecule has 83 heavy (non-hydrogen) atoms. The molecule has 0 rings (SSSR count). The molecule has 1 amide bonds. The summed E-state index contributed by atoms with van der Waals surface area (Å²) in [4.78, 5) is 40.1. The van der Waals surface area contributed by atoms with Crippen molar-refractivity contribution in [3.63, 3.8) is 0 Å². The molecule has 0 aliphatic heterocycles. The number of hydrogen-bond donors (Lipinski definition) is 1. The molecule has 0 radical (unpaired) electrons. The maximum atomic E-state index is 13.6. The lowest BCUT2D eigenvalue weighted by atomic mass is 10.0. The molecule has 0 spiro atoms. The third kappa shape index (κ3) is 64.0. The summed E-state index contributed by atoms with van der Waals surface area (Å²) in [6.45, 7) is 6.83. The van der Waals surface area contributed by atoms with E-state index in [0.29, 0.717) is 23.9 Å². The Morgan fingerprint density at radius 1 is 0.422 bits per heavy atom. The number of hydrogen-bond acceptors (Lipinski definition) is 7. The maximum Gasteiger partial charge on any atom is 0.306 e. The highest BCUT2D eigenvalue weighted by atomic mass is 31.2. The van der Waals surface area contributed by atoms with Gasteiger partial charge < -0.3 is 28.5 Å². The van der Waals surface area contributed by atoms with Gasteiger partial charge in [0, 0.05) is 12.8 Å². The van der Waals surface area contributed by atoms with Crippen molar-refractivity contribution in [3.05, 3.63) is 60.8 Å². The van der Waals surface area contributed by atoms with E-state index in [1.54, 1.807) is 0 Å². The predicted octanol–water partition coefficient (Wildman–Crippen LogP) is 21.9. The number of likely N-dealkylation sites (N-methyl/N-ethyl adjacent to an activating group) is 1. The van der Waals surface area contributed by atoms with Gasteiger partial charge in [-0.3, -0.25) is 14.2 Å². The van der Waals surface area contributed by atoms with Gasteiger partial charge in [-0.05, 0) is 70.3 Å². The van der Waals surface area contributed by atoms with Crippen LogP contribution in [0.3, 0.4) is 0 Å². The molecule has 0 saturated carbocycles. The molecule has 9 nitrogen and oxygen atoms in total. The number of carbonyl (C=O) groups excluding carboxylic acids is 2. The van der Waals surface area contributed by atoms with Gasteiger partial charge in [-0.2, -0.15) is 0 Å². The lowest BCUT2D eigenvalue weighted by Gasteiger charge is -2.30. The van der Waals surface area contributed by atoms with Crippen LogP contribution in [0.25, 0.3) is 0 Å². The third-order valence-electron chi connectivity index (χ3n) is 16.0. The fourth-order valence-electron chi connectivity index (χ4n) is 10.5. The summed E-state index contributed by atoms with van der Waals surface area (Å²) in [5.41, 5.74) is 0. The van der Waals surface area contributed by atoms with Crippen molar-refractivity contribution in [1.29, 1.82) is 0 Å². The Morgan fingerprint density at radius 3 is 1.14 bits per heavy atom. The molecule has 0 aromatic rings. The molecule has 0 aliphatic rings. The summed E-state index contributed by atoms with van der Waals surface area (Å²) in [5, 5.41) is 3.03. The van der Waals surface area contributed by atoms with Crippen molar-refractivity contribution in [3.8, 4) is 0 Å². The molecule has 0 bridgehead atoms. The lowest BCUT2D eigenvalue weighted by molar-refractivity contribution is -0.870. The van der Waals surface area contributed by atoms with Crippen LogP contribution in [0.4, 0.5) is 0 Å². The van der Waals surface area contributed by atoms with Gasteiger partial charge in [0.25, 0.3) is 7.82 Å². The van der Waals surface area contributed by atoms with Crippen LogP contribution < -0.4 is 10.2 Å². The van der Waals surface area contributed by atoms with Gasteiger partial charge in [-0.25, -0.2) is 0 Å². The summed E-state index contributed by atoms with van der Waals surface area (Å²) < 4.78 is 30.4. The number of phosphoric ester groups is 1. The van der Waals surface area contributed by atoms with Gasteiger partial charge in [0.2, 0.25) is 5.91 Å². The molecular formula is C73H137N2O7P. The van der Waals surface area contributed by atoms with Crippen molar-refractivity contribution in [2.24, 2.45) is 0 Å². The minimum Gasteiger partial charge on any atom is -0.756 e. The molecule has 486 valence electrons. The Morgan fingerprint density at radius 2 is 0.747 bits per heavy atom. The standard InChI is InChI=1S/C73H137N2O7P/c1-7-10-13-16-19-22-25-28-30-32-33-34-35-36-37-38-39-40-41-43-44-47-50-53-56-59-62-65-72(76)74-70(69-81-83(78,79)80-68-67-75(4,5)6)71(64-61-58-55-52-49-46-27-24-21-18-15-12-9-3)82-73(77)66-63-60-57-54-51-48-45-42-31-29-26-23-20-17-14-11-8-2/h20,23,29,31,45,48,54,57,61,64,70-71H,7-19,21-22,24-28,30,32-44,46-47,49-53,55-56,58-60,62-63,65-69H2,1-6H3,(H-,74,76,78,79)/b23-20-,31-29-,48-45-,57-54-,64-61-. The van der Waals surface area contributed by atoms with E-state index in [1.165, 1.54) is 238 Å². The topological polar surface area (TPSA) is 114 Å². The highest BCUT2D eigenvalue weighted by molar-refractivity contribution is 7.45. The third-order valence-corrected chi connectivity index (χ3v) is 16.9. The SMILES string of the molecule is CCCCC/C=C\C/C=C\C/C=C\C/C=C\CCCC(=O)OC(/C=C\CCCCCCCCCCCCC)C(COP(=O)([O-])OCC[N+](C)(C)C)NC(=O)CCCCCCCCCCCCCCCCCCCCCCCCCCCCC. The quantitative estimate of drug-likeness (QED) is 0.0212. The first kappa shape index (κ1) is 80.7. The fourth-order valence-corrected chi connectivity index (χ4v) is 11.2. The molecule has 0 aromatic heterocycles. The van der Waals surface area contributed by atoms with Crippen LogP contribution in [0.5, 0.6) is 0 Å². The molecule has 0 fully saturated rings. The lowest BCUT2D eigenvalue weighted by Crippen LogP contribution is -2.47. The van der Waals surface area contributed by atoms with E-state index in [9.17, 15) is 19.0 Å². The summed E-state index contributed by atoms with van der Waals surface area (Å²) in [7, 11) is 1.17. The van der Waals surface area contributed by atoms with Crippen LogP contribution in [-0.2, 0) is 27.9 Å². The van der Waals surface area contributed by atoms with Crippen LogP contribution in [0.1, 0.15) is 342 Å². The molecule has 3 unspecified atom stereocenters. The minimum absolute atomic E-state index is 0.0301. The van der Waals surface area contributed by atoms with Crippen LogP contribution in [0.15, 0.2) is 60.8 Å². The maximum absolute atomic E-state index is 13.6. The largest absolute Gasteiger partial charge is 0.756 e. The normalized spacial score (nSPS) is 13.9. The van der Waals surface area contributed by atoms with Crippen molar-refractivity contribution in [2.75, 3.05) is 40.9 Å². The van der Waals surface area contributed by atoms with Gasteiger partial charge in [0.15, 0.2) is 0 Å². The zero-order valence-corrected chi connectivity index (χ0v) is 56.6. The van der Waals surface area contributed by atoms with Gasteiger partial charge in [0.05, 0.1) is 33.8 Å². The Balaban J connectivity index is 5.07. The summed E-state index contributed by atoms with van der Waals surface area (Å²) in [6, 6.07) is -0.910. The highest BCUT2D eigenvalue weighted by Crippen LogP contribution is 2.38. The van der Waals surface area contributed by atoms with Gasteiger partial charge >= 0.3 is 5.97 Å². The van der Waals surface area contributed by atoms with Gasteiger partial charge in [0.1, 0.15) is 19.3 Å². The van der Waals surface area contributed by atoms with Crippen molar-refractivity contribution < 1.29 is 37.3 Å². The van der Waals surface area contributed by atoms with Gasteiger partial charge in [-0.1, -0.05) is 319 Å². The smallest absolute Gasteiger partial charge is 0.306 e. The first-order chi connectivity index (χ1) is 40.4. The van der Waals surface area contributed by atoms with Crippen LogP contribution in [-0.4, -0.2) is 69.4 Å². The van der Waals surface area contributed by atoms with E-state index in [-0.39, 0.29) is 24.9 Å². The molecule has 0 aliphatic carbocycles. The molecule has 0 aromatic carbocycles. The number of rotatable bonds is 65. The molecule has 0 heterocycles. The van der Waals surface area contributed by atoms with Crippen LogP contribution >= 0.6 is 7.82 Å². The second-order valence-electron chi connectivity index (χ2n) is 25.4. The molecule has 10 heteroatoms. The summed E-state index contributed by atoms with van der Waals surface area (Å²) >= 11 is 0. The minimum atomic E-state index is -4.72. The average Bonchev–Trinajstić information content (AvgIpc) is 3.47. The first-order valence-electron chi connectivity index (χ1n) is 35.6. The number of unbranched alkanes of at least 4 members (excludes halogenated alkanes) is 41. The summed E-state index contributed by atoms with van der Waals surface area (Å²) in [6.07, 6.45) is 80.8. The van der Waals surface area contributed by atoms with E-state index in [0.717, 1.165) is 64.2 Å². The fraction of sp³-hybridized carbons (Fsp3) is 0.836. The number of esters is 1. The number of nitrogens with zero attached hydrogens (tertiary/aromatic N) is 1. The summed E-state index contributed by atoms with van der Waals surface area (Å²) in [5.74, 6) is -0.593. The monoisotopic (exact) mass is 1190 g/mol. The number of allylic oxidation sites excluding steroid dienone is 9. The zero-order chi connectivity index (χ0) is 60.7. The van der Waals surface area contributed by atoms with Crippen molar-refractivity contribution >= 4 is 19.7 Å². The Hall–Kier alpha value is -2.29. The van der Waals surface area contributed by atoms with Crippen LogP contribution in [0, 0.1) is 0 Å².